The van der Waals surface area contributed by atoms with Crippen LogP contribution in [0.2, 0.25) is 0 Å². The first kappa shape index (κ1) is 12.1. The number of likely N-dealkylation sites (N-methyl/N-ethyl adjacent to an activating group) is 1. The maximum atomic E-state index is 12.4. The summed E-state index contributed by atoms with van der Waals surface area (Å²) in [6.07, 6.45) is 5.99. The summed E-state index contributed by atoms with van der Waals surface area (Å²) in [7, 11) is -1.29. The van der Waals surface area contributed by atoms with Crippen molar-refractivity contribution in [2.45, 2.75) is 36.4 Å². The van der Waals surface area contributed by atoms with Gasteiger partial charge in [0.2, 0.25) is 0 Å². The molecule has 100 valence electrons. The number of fused-ring (bicyclic) bond motifs is 2. The van der Waals surface area contributed by atoms with E-state index in [-0.39, 0.29) is 5.03 Å². The molecular weight excluding hydrogens is 252 g/mol. The van der Waals surface area contributed by atoms with Crippen molar-refractivity contribution < 1.29 is 8.42 Å². The molecule has 2 aliphatic heterocycles. The maximum absolute atomic E-state index is 12.4. The number of aromatic nitrogens is 2. The van der Waals surface area contributed by atoms with Gasteiger partial charge in [-0.25, -0.2) is 13.4 Å². The molecule has 7 heteroatoms. The second-order valence-corrected chi connectivity index (χ2v) is 7.02. The van der Waals surface area contributed by atoms with Crippen molar-refractivity contribution in [2.24, 2.45) is 0 Å². The number of nitrogens with one attached hydrogen (secondary N) is 1. The van der Waals surface area contributed by atoms with Gasteiger partial charge in [0.25, 0.3) is 10.0 Å². The summed E-state index contributed by atoms with van der Waals surface area (Å²) in [6, 6.07) is 0.896. The largest absolute Gasteiger partial charge is 0.335 e. The van der Waals surface area contributed by atoms with E-state index in [0.29, 0.717) is 25.2 Å². The molecule has 0 saturated carbocycles. The van der Waals surface area contributed by atoms with Gasteiger partial charge in [0.05, 0.1) is 12.5 Å². The highest BCUT2D eigenvalue weighted by molar-refractivity contribution is 7.89. The van der Waals surface area contributed by atoms with Gasteiger partial charge >= 0.3 is 0 Å². The molecule has 2 saturated heterocycles. The number of nitrogens with zero attached hydrogens (tertiary/aromatic N) is 3. The minimum atomic E-state index is -3.40. The number of rotatable bonds is 2. The summed E-state index contributed by atoms with van der Waals surface area (Å²) in [5.74, 6) is 0. The molecule has 0 spiro atoms. The molecule has 18 heavy (non-hydrogen) atoms. The number of H-pyrrole nitrogens is 1. The molecule has 3 heterocycles. The number of aromatic amines is 1. The highest BCUT2D eigenvalue weighted by Gasteiger charge is 2.38. The van der Waals surface area contributed by atoms with Gasteiger partial charge in [-0.2, -0.15) is 4.31 Å². The second-order valence-electron chi connectivity index (χ2n) is 5.12. The zero-order valence-electron chi connectivity index (χ0n) is 10.4. The number of hydrogen-bond acceptors (Lipinski definition) is 4. The van der Waals surface area contributed by atoms with Gasteiger partial charge in [-0.05, 0) is 26.3 Å². The molecule has 6 nitrogen and oxygen atoms in total. The predicted octanol–water partition coefficient (Wildman–Crippen LogP) is 0.267. The van der Waals surface area contributed by atoms with E-state index in [1.165, 1.54) is 18.9 Å². The van der Waals surface area contributed by atoms with Gasteiger partial charge in [-0.15, -0.1) is 0 Å². The van der Waals surface area contributed by atoms with Gasteiger partial charge in [0, 0.05) is 25.2 Å². The van der Waals surface area contributed by atoms with E-state index in [4.69, 9.17) is 0 Å². The Balaban J connectivity index is 1.86. The van der Waals surface area contributed by atoms with E-state index in [1.54, 1.807) is 4.31 Å². The monoisotopic (exact) mass is 270 g/mol. The fourth-order valence-corrected chi connectivity index (χ4v) is 4.41. The molecule has 0 aromatic carbocycles. The zero-order chi connectivity index (χ0) is 12.8. The van der Waals surface area contributed by atoms with E-state index < -0.39 is 10.0 Å². The standard InChI is InChI=1S/C11H18N4O2S/c1-14-9-2-3-10(14)7-15(5-4-9)18(16,17)11-6-12-8-13-11/h6,8-10H,2-5,7H2,1H3,(H,12,13). The predicted molar refractivity (Wildman–Crippen MR) is 66.5 cm³/mol. The van der Waals surface area contributed by atoms with Crippen LogP contribution >= 0.6 is 0 Å². The number of imidazole rings is 1. The van der Waals surface area contributed by atoms with Crippen molar-refractivity contribution in [2.75, 3.05) is 20.1 Å². The highest BCUT2D eigenvalue weighted by Crippen LogP contribution is 2.30. The normalized spacial score (nSPS) is 30.5. The Hall–Kier alpha value is -0.920. The molecule has 2 fully saturated rings. The van der Waals surface area contributed by atoms with Crippen LogP contribution in [0.15, 0.2) is 17.6 Å². The van der Waals surface area contributed by atoms with Crippen molar-refractivity contribution in [3.8, 4) is 0 Å². The third-order valence-corrected chi connectivity index (χ3v) is 5.99. The van der Waals surface area contributed by atoms with E-state index in [2.05, 4.69) is 21.9 Å². The fourth-order valence-electron chi connectivity index (χ4n) is 3.02. The average Bonchev–Trinajstić information content (AvgIpc) is 2.88. The molecule has 0 radical (unpaired) electrons. The van der Waals surface area contributed by atoms with Crippen molar-refractivity contribution in [1.29, 1.82) is 0 Å². The minimum absolute atomic E-state index is 0.197. The van der Waals surface area contributed by atoms with Gasteiger partial charge in [0.15, 0.2) is 5.03 Å². The lowest BCUT2D eigenvalue weighted by Gasteiger charge is -2.24. The number of sulfonamides is 1. The molecule has 2 bridgehead atoms. The Morgan fingerprint density at radius 1 is 1.33 bits per heavy atom. The minimum Gasteiger partial charge on any atom is -0.335 e. The van der Waals surface area contributed by atoms with Crippen LogP contribution in [0.1, 0.15) is 19.3 Å². The molecule has 1 N–H and O–H groups in total. The number of hydrogen-bond donors (Lipinski definition) is 1. The third kappa shape index (κ3) is 1.86. The van der Waals surface area contributed by atoms with Crippen LogP contribution in [0.3, 0.4) is 0 Å². The maximum Gasteiger partial charge on any atom is 0.260 e. The van der Waals surface area contributed by atoms with E-state index >= 15 is 0 Å². The van der Waals surface area contributed by atoms with Crippen molar-refractivity contribution in [3.63, 3.8) is 0 Å². The van der Waals surface area contributed by atoms with Crippen LogP contribution in [0.5, 0.6) is 0 Å². The Labute approximate surface area is 107 Å². The SMILES string of the molecule is CN1C2CCC1CN(S(=O)(=O)c1cnc[nH]1)CC2. The molecule has 2 aliphatic rings. The lowest BCUT2D eigenvalue weighted by Crippen LogP contribution is -2.39. The summed E-state index contributed by atoms with van der Waals surface area (Å²) in [6.45, 7) is 1.20. The van der Waals surface area contributed by atoms with Crippen molar-refractivity contribution >= 4 is 10.0 Å². The van der Waals surface area contributed by atoms with Crippen LogP contribution in [0, 0.1) is 0 Å². The van der Waals surface area contributed by atoms with E-state index in [9.17, 15) is 8.42 Å². The van der Waals surface area contributed by atoms with Crippen LogP contribution in [0.25, 0.3) is 0 Å². The van der Waals surface area contributed by atoms with Crippen LogP contribution in [-0.4, -0.2) is 59.8 Å². The summed E-state index contributed by atoms with van der Waals surface area (Å²) in [5, 5.41) is 0.197. The lowest BCUT2D eigenvalue weighted by molar-refractivity contribution is 0.246. The first-order valence-corrected chi connectivity index (χ1v) is 7.73. The van der Waals surface area contributed by atoms with Crippen LogP contribution in [-0.2, 0) is 10.0 Å². The second kappa shape index (κ2) is 4.32. The quantitative estimate of drug-likeness (QED) is 0.837. The first-order chi connectivity index (χ1) is 8.59. The van der Waals surface area contributed by atoms with Crippen molar-refractivity contribution in [3.05, 3.63) is 12.5 Å². The average molecular weight is 270 g/mol. The topological polar surface area (TPSA) is 69.3 Å². The molecule has 0 amide bonds. The first-order valence-electron chi connectivity index (χ1n) is 6.29. The highest BCUT2D eigenvalue weighted by atomic mass is 32.2. The third-order valence-electron chi connectivity index (χ3n) is 4.20. The fraction of sp³-hybridized carbons (Fsp3) is 0.727. The van der Waals surface area contributed by atoms with E-state index in [1.807, 2.05) is 0 Å². The smallest absolute Gasteiger partial charge is 0.260 e. The summed E-state index contributed by atoms with van der Waals surface area (Å²) in [5.41, 5.74) is 0. The van der Waals surface area contributed by atoms with Gasteiger partial charge in [-0.1, -0.05) is 0 Å². The summed E-state index contributed by atoms with van der Waals surface area (Å²) >= 11 is 0. The van der Waals surface area contributed by atoms with Crippen LogP contribution in [0.4, 0.5) is 0 Å². The molecular formula is C11H18N4O2S. The molecule has 3 rings (SSSR count). The van der Waals surface area contributed by atoms with Crippen LogP contribution < -0.4 is 0 Å². The Morgan fingerprint density at radius 3 is 2.83 bits per heavy atom. The molecule has 0 aliphatic carbocycles. The summed E-state index contributed by atoms with van der Waals surface area (Å²) in [4.78, 5) is 8.83. The lowest BCUT2D eigenvalue weighted by atomic mass is 10.1. The Bertz CT molecular complexity index is 513. The molecule has 1 aromatic rings. The van der Waals surface area contributed by atoms with Crippen molar-refractivity contribution in [1.82, 2.24) is 19.2 Å². The van der Waals surface area contributed by atoms with Gasteiger partial charge in [0.1, 0.15) is 0 Å². The Kier molecular flexibility index (Phi) is 2.91. The Morgan fingerprint density at radius 2 is 2.11 bits per heavy atom. The molecule has 2 atom stereocenters. The summed E-state index contributed by atoms with van der Waals surface area (Å²) < 4.78 is 26.4. The van der Waals surface area contributed by atoms with Gasteiger partial charge < -0.3 is 4.98 Å². The van der Waals surface area contributed by atoms with Gasteiger partial charge in [-0.3, -0.25) is 4.90 Å². The molecule has 1 aromatic heterocycles. The zero-order valence-corrected chi connectivity index (χ0v) is 11.2. The van der Waals surface area contributed by atoms with E-state index in [0.717, 1.165) is 12.8 Å². The molecule has 2 unspecified atom stereocenters.